The van der Waals surface area contributed by atoms with Crippen LogP contribution in [-0.4, -0.2) is 15.0 Å². The predicted octanol–water partition coefficient (Wildman–Crippen LogP) is 3.87. The zero-order valence-corrected chi connectivity index (χ0v) is 12.7. The molecule has 0 aliphatic rings. The summed E-state index contributed by atoms with van der Waals surface area (Å²) in [4.78, 5) is 15.1. The van der Waals surface area contributed by atoms with E-state index in [2.05, 4.69) is 21.0 Å². The van der Waals surface area contributed by atoms with Crippen LogP contribution in [0.25, 0.3) is 21.3 Å². The summed E-state index contributed by atoms with van der Waals surface area (Å²) in [6.45, 7) is 2.04. The second-order valence-electron chi connectivity index (χ2n) is 4.51. The van der Waals surface area contributed by atoms with Gasteiger partial charge in [0.25, 0.3) is 5.22 Å². The summed E-state index contributed by atoms with van der Waals surface area (Å²) >= 11 is 2.97. The maximum Gasteiger partial charge on any atom is 0.263 e. The van der Waals surface area contributed by atoms with Gasteiger partial charge in [-0.15, -0.1) is 11.3 Å². The van der Waals surface area contributed by atoms with Gasteiger partial charge in [-0.2, -0.15) is 0 Å². The molecule has 0 unspecified atom stereocenters. The maximum atomic E-state index is 5.78. The van der Waals surface area contributed by atoms with Crippen molar-refractivity contribution < 1.29 is 4.42 Å². The van der Waals surface area contributed by atoms with Gasteiger partial charge in [0.2, 0.25) is 5.95 Å². The molecule has 4 rings (SSSR count). The highest BCUT2D eigenvalue weighted by Gasteiger charge is 2.14. The van der Waals surface area contributed by atoms with E-state index in [9.17, 15) is 0 Å². The van der Waals surface area contributed by atoms with E-state index in [1.807, 2.05) is 31.2 Å². The molecule has 0 fully saturated rings. The van der Waals surface area contributed by atoms with Crippen molar-refractivity contribution in [3.05, 3.63) is 35.2 Å². The molecule has 0 spiro atoms. The highest BCUT2D eigenvalue weighted by molar-refractivity contribution is 7.99. The zero-order valence-electron chi connectivity index (χ0n) is 11.0. The van der Waals surface area contributed by atoms with Crippen molar-refractivity contribution >= 4 is 50.4 Å². The number of aryl methyl sites for hydroxylation is 1. The lowest BCUT2D eigenvalue weighted by Gasteiger charge is -1.99. The molecule has 2 N–H and O–H groups in total. The van der Waals surface area contributed by atoms with Crippen molar-refractivity contribution in [2.75, 3.05) is 5.73 Å². The van der Waals surface area contributed by atoms with Crippen LogP contribution in [0.3, 0.4) is 0 Å². The first-order chi connectivity index (χ1) is 10.2. The van der Waals surface area contributed by atoms with Crippen molar-refractivity contribution in [3.8, 4) is 0 Å². The molecule has 3 heterocycles. The molecule has 4 aromatic rings. The fraction of sp³-hybridized carbons (Fsp3) is 0.0714. The second kappa shape index (κ2) is 4.71. The van der Waals surface area contributed by atoms with E-state index in [0.717, 1.165) is 26.3 Å². The molecule has 0 bridgehead atoms. The van der Waals surface area contributed by atoms with E-state index in [4.69, 9.17) is 10.2 Å². The van der Waals surface area contributed by atoms with Crippen LogP contribution in [-0.2, 0) is 0 Å². The summed E-state index contributed by atoms with van der Waals surface area (Å²) in [5.74, 6) is 0.267. The number of benzene rings is 1. The van der Waals surface area contributed by atoms with Gasteiger partial charge in [-0.3, -0.25) is 0 Å². The number of thiophene rings is 1. The molecule has 0 radical (unpaired) electrons. The number of hydrogen-bond acceptors (Lipinski definition) is 7. The first-order valence-corrected chi connectivity index (χ1v) is 7.89. The fourth-order valence-electron chi connectivity index (χ4n) is 2.09. The summed E-state index contributed by atoms with van der Waals surface area (Å²) in [5, 5.41) is 2.31. The third-order valence-corrected chi connectivity index (χ3v) is 4.75. The summed E-state index contributed by atoms with van der Waals surface area (Å²) < 4.78 is 5.72. The molecule has 0 aliphatic heterocycles. The van der Waals surface area contributed by atoms with E-state index < -0.39 is 0 Å². The monoisotopic (exact) mass is 314 g/mol. The van der Waals surface area contributed by atoms with Crippen molar-refractivity contribution in [1.29, 1.82) is 0 Å². The smallest absolute Gasteiger partial charge is 0.263 e. The average molecular weight is 314 g/mol. The van der Waals surface area contributed by atoms with Gasteiger partial charge in [0.05, 0.1) is 0 Å². The number of rotatable bonds is 2. The van der Waals surface area contributed by atoms with Crippen molar-refractivity contribution in [3.63, 3.8) is 0 Å². The molecular formula is C14H10N4OS2. The molecule has 3 aromatic heterocycles. The molecular weight excluding hydrogens is 304 g/mol. The SMILES string of the molecule is Cc1cc2c(Sc3nc4ccccc4o3)nc(N)nc2s1. The maximum absolute atomic E-state index is 5.78. The number of nitrogens with zero attached hydrogens (tertiary/aromatic N) is 3. The van der Waals surface area contributed by atoms with Gasteiger partial charge in [0, 0.05) is 10.3 Å². The van der Waals surface area contributed by atoms with Gasteiger partial charge in [0.15, 0.2) is 5.58 Å². The molecule has 0 saturated carbocycles. The topological polar surface area (TPSA) is 77.8 Å². The second-order valence-corrected chi connectivity index (χ2v) is 6.69. The minimum absolute atomic E-state index is 0.267. The molecule has 7 heteroatoms. The third-order valence-electron chi connectivity index (χ3n) is 2.96. The summed E-state index contributed by atoms with van der Waals surface area (Å²) in [6, 6.07) is 9.73. The van der Waals surface area contributed by atoms with Gasteiger partial charge in [0.1, 0.15) is 15.4 Å². The van der Waals surface area contributed by atoms with Gasteiger partial charge >= 0.3 is 0 Å². The van der Waals surface area contributed by atoms with Gasteiger partial charge in [-0.1, -0.05) is 12.1 Å². The van der Waals surface area contributed by atoms with Crippen LogP contribution in [0.4, 0.5) is 5.95 Å². The average Bonchev–Trinajstić information content (AvgIpc) is 3.00. The number of nitrogens with two attached hydrogens (primary N) is 1. The number of para-hydroxylation sites is 2. The Morgan fingerprint density at radius 2 is 2.05 bits per heavy atom. The van der Waals surface area contributed by atoms with E-state index in [-0.39, 0.29) is 5.95 Å². The van der Waals surface area contributed by atoms with Crippen LogP contribution < -0.4 is 5.73 Å². The first kappa shape index (κ1) is 12.6. The van der Waals surface area contributed by atoms with Gasteiger partial charge in [-0.05, 0) is 36.9 Å². The van der Waals surface area contributed by atoms with Crippen LogP contribution >= 0.6 is 23.1 Å². The van der Waals surface area contributed by atoms with Crippen LogP contribution in [0.15, 0.2) is 45.0 Å². The minimum atomic E-state index is 0.267. The van der Waals surface area contributed by atoms with E-state index in [1.165, 1.54) is 16.6 Å². The third kappa shape index (κ3) is 2.24. The molecule has 0 amide bonds. The zero-order chi connectivity index (χ0) is 14.4. The number of nitrogen functional groups attached to an aromatic ring is 1. The Kier molecular flexibility index (Phi) is 2.83. The quantitative estimate of drug-likeness (QED) is 0.566. The standard InChI is InChI=1S/C14H10N4OS2/c1-7-6-8-11(20-7)17-13(15)18-12(8)21-14-16-9-4-2-3-5-10(9)19-14/h2-6H,1H3,(H2,15,17,18). The number of hydrogen-bond donors (Lipinski definition) is 1. The fourth-order valence-corrected chi connectivity index (χ4v) is 3.88. The Morgan fingerprint density at radius 3 is 2.90 bits per heavy atom. The van der Waals surface area contributed by atoms with E-state index in [0.29, 0.717) is 5.22 Å². The summed E-state index contributed by atoms with van der Waals surface area (Å²) in [7, 11) is 0. The van der Waals surface area contributed by atoms with Gasteiger partial charge in [-0.25, -0.2) is 15.0 Å². The van der Waals surface area contributed by atoms with Crippen molar-refractivity contribution in [2.45, 2.75) is 17.2 Å². The van der Waals surface area contributed by atoms with Crippen molar-refractivity contribution in [1.82, 2.24) is 15.0 Å². The molecule has 1 aromatic carbocycles. The Balaban J connectivity index is 1.82. The number of fused-ring (bicyclic) bond motifs is 2. The van der Waals surface area contributed by atoms with Crippen LogP contribution in [0.1, 0.15) is 4.88 Å². The highest BCUT2D eigenvalue weighted by atomic mass is 32.2. The normalized spacial score (nSPS) is 11.5. The van der Waals surface area contributed by atoms with Crippen LogP contribution in [0.2, 0.25) is 0 Å². The molecule has 104 valence electrons. The molecule has 5 nitrogen and oxygen atoms in total. The largest absolute Gasteiger partial charge is 0.431 e. The molecule has 21 heavy (non-hydrogen) atoms. The first-order valence-electron chi connectivity index (χ1n) is 6.26. The van der Waals surface area contributed by atoms with Crippen LogP contribution in [0, 0.1) is 6.92 Å². The van der Waals surface area contributed by atoms with E-state index >= 15 is 0 Å². The number of anilines is 1. The predicted molar refractivity (Wildman–Crippen MR) is 84.7 cm³/mol. The Labute approximate surface area is 128 Å². The minimum Gasteiger partial charge on any atom is -0.431 e. The van der Waals surface area contributed by atoms with Gasteiger partial charge < -0.3 is 10.2 Å². The summed E-state index contributed by atoms with van der Waals surface area (Å²) in [5.41, 5.74) is 7.38. The number of aromatic nitrogens is 3. The molecule has 0 atom stereocenters. The lowest BCUT2D eigenvalue weighted by molar-refractivity contribution is 0.489. The number of oxazole rings is 1. The van der Waals surface area contributed by atoms with Crippen LogP contribution in [0.5, 0.6) is 0 Å². The highest BCUT2D eigenvalue weighted by Crippen LogP contribution is 2.36. The Hall–Kier alpha value is -2.12. The molecule has 0 aliphatic carbocycles. The lowest BCUT2D eigenvalue weighted by atomic mass is 10.3. The Bertz CT molecular complexity index is 927. The molecule has 0 saturated heterocycles. The lowest BCUT2D eigenvalue weighted by Crippen LogP contribution is -1.95. The van der Waals surface area contributed by atoms with E-state index in [1.54, 1.807) is 11.3 Å². The summed E-state index contributed by atoms with van der Waals surface area (Å²) in [6.07, 6.45) is 0. The Morgan fingerprint density at radius 1 is 1.19 bits per heavy atom. The van der Waals surface area contributed by atoms with Crippen molar-refractivity contribution in [2.24, 2.45) is 0 Å².